The Balaban J connectivity index is 1.86. The molecule has 0 heterocycles. The average Bonchev–Trinajstić information content (AvgIpc) is 2.57. The second kappa shape index (κ2) is 8.43. The van der Waals surface area contributed by atoms with Gasteiger partial charge in [-0.25, -0.2) is 8.78 Å². The zero-order chi connectivity index (χ0) is 18.4. The van der Waals surface area contributed by atoms with E-state index in [9.17, 15) is 18.4 Å². The molecule has 0 fully saturated rings. The number of carbonyl (C=O) groups is 2. The molecule has 0 aliphatic rings. The molecule has 2 N–H and O–H groups in total. The van der Waals surface area contributed by atoms with Crippen LogP contribution < -0.4 is 10.6 Å². The van der Waals surface area contributed by atoms with Gasteiger partial charge in [0.1, 0.15) is 11.6 Å². The first-order chi connectivity index (χ1) is 11.9. The molecule has 0 saturated heterocycles. The van der Waals surface area contributed by atoms with Crippen LogP contribution in [-0.4, -0.2) is 36.9 Å². The van der Waals surface area contributed by atoms with Crippen molar-refractivity contribution in [3.8, 4) is 0 Å². The lowest BCUT2D eigenvalue weighted by atomic mass is 10.3. The number of para-hydroxylation sites is 1. The molecule has 0 aromatic heterocycles. The Kier molecular flexibility index (Phi) is 6.30. The maximum atomic E-state index is 13.5. The molecule has 0 spiro atoms. The van der Waals surface area contributed by atoms with Crippen LogP contribution in [0.4, 0.5) is 20.2 Å². The monoisotopic (exact) mass is 367 g/mol. The predicted molar refractivity (Wildman–Crippen MR) is 92.6 cm³/mol. The molecule has 0 aliphatic carbocycles. The summed E-state index contributed by atoms with van der Waals surface area (Å²) >= 11 is 5.94. The number of amides is 2. The number of likely N-dealkylation sites (N-methyl/N-ethyl adjacent to an activating group) is 1. The number of nitrogens with one attached hydrogen (secondary N) is 2. The van der Waals surface area contributed by atoms with Gasteiger partial charge in [-0.15, -0.1) is 0 Å². The molecule has 0 aliphatic heterocycles. The van der Waals surface area contributed by atoms with Gasteiger partial charge in [-0.2, -0.15) is 0 Å². The third-order valence-electron chi connectivity index (χ3n) is 3.31. The lowest BCUT2D eigenvalue weighted by molar-refractivity contribution is -0.131. The van der Waals surface area contributed by atoms with Crippen LogP contribution >= 0.6 is 11.6 Å². The second-order valence-electron chi connectivity index (χ2n) is 5.26. The third-order valence-corrected chi connectivity index (χ3v) is 3.64. The van der Waals surface area contributed by atoms with E-state index in [2.05, 4.69) is 10.6 Å². The second-order valence-corrected chi connectivity index (χ2v) is 5.66. The number of benzene rings is 2. The largest absolute Gasteiger partial charge is 0.374 e. The van der Waals surface area contributed by atoms with Gasteiger partial charge in [0.05, 0.1) is 29.5 Å². The van der Waals surface area contributed by atoms with E-state index in [-0.39, 0.29) is 18.8 Å². The minimum Gasteiger partial charge on any atom is -0.374 e. The summed E-state index contributed by atoms with van der Waals surface area (Å²) in [5, 5.41) is 5.48. The summed E-state index contributed by atoms with van der Waals surface area (Å²) in [5.41, 5.74) is 0.317. The maximum Gasteiger partial charge on any atom is 0.244 e. The van der Waals surface area contributed by atoms with Crippen LogP contribution in [0.15, 0.2) is 42.5 Å². The van der Waals surface area contributed by atoms with Gasteiger partial charge in [-0.05, 0) is 30.3 Å². The standard InChI is InChI=1S/C17H16ClF2N3O2/c1-23(10-16(24)22-14-5-3-2-4-12(14)18)17(25)9-21-15-8-11(19)6-7-13(15)20/h2-8,21H,9-10H2,1H3,(H,22,24). The fourth-order valence-corrected chi connectivity index (χ4v) is 2.18. The van der Waals surface area contributed by atoms with Crippen LogP contribution in [-0.2, 0) is 9.59 Å². The highest BCUT2D eigenvalue weighted by molar-refractivity contribution is 6.33. The zero-order valence-corrected chi connectivity index (χ0v) is 14.1. The van der Waals surface area contributed by atoms with Crippen molar-refractivity contribution in [2.75, 3.05) is 30.8 Å². The number of rotatable bonds is 6. The molecule has 25 heavy (non-hydrogen) atoms. The molecule has 0 bridgehead atoms. The summed E-state index contributed by atoms with van der Waals surface area (Å²) < 4.78 is 26.6. The molecule has 0 saturated carbocycles. The summed E-state index contributed by atoms with van der Waals surface area (Å²) in [5.74, 6) is -2.18. The van der Waals surface area contributed by atoms with Crippen molar-refractivity contribution in [3.63, 3.8) is 0 Å². The van der Waals surface area contributed by atoms with Crippen LogP contribution in [0.3, 0.4) is 0 Å². The third kappa shape index (κ3) is 5.42. The summed E-state index contributed by atoms with van der Waals surface area (Å²) in [6.07, 6.45) is 0. The minimum atomic E-state index is -0.673. The van der Waals surface area contributed by atoms with Gasteiger partial charge in [-0.1, -0.05) is 23.7 Å². The van der Waals surface area contributed by atoms with Crippen molar-refractivity contribution in [2.24, 2.45) is 0 Å². The van der Waals surface area contributed by atoms with E-state index in [1.807, 2.05) is 0 Å². The fraction of sp³-hybridized carbons (Fsp3) is 0.176. The van der Waals surface area contributed by atoms with Gasteiger partial charge in [-0.3, -0.25) is 9.59 Å². The molecule has 132 valence electrons. The van der Waals surface area contributed by atoms with Crippen molar-refractivity contribution in [1.82, 2.24) is 4.90 Å². The van der Waals surface area contributed by atoms with Crippen molar-refractivity contribution < 1.29 is 18.4 Å². The molecule has 8 heteroatoms. The number of carbonyl (C=O) groups excluding carboxylic acids is 2. The van der Waals surface area contributed by atoms with Crippen molar-refractivity contribution in [3.05, 3.63) is 59.1 Å². The van der Waals surface area contributed by atoms with Crippen molar-refractivity contribution in [2.45, 2.75) is 0 Å². The Bertz CT molecular complexity index is 786. The molecule has 0 atom stereocenters. The van der Waals surface area contributed by atoms with E-state index >= 15 is 0 Å². The van der Waals surface area contributed by atoms with Crippen LogP contribution in [0, 0.1) is 11.6 Å². The molecule has 0 unspecified atom stereocenters. The van der Waals surface area contributed by atoms with Crippen LogP contribution in [0.1, 0.15) is 0 Å². The van der Waals surface area contributed by atoms with Crippen LogP contribution in [0.5, 0.6) is 0 Å². The fourth-order valence-electron chi connectivity index (χ4n) is 1.99. The van der Waals surface area contributed by atoms with Crippen LogP contribution in [0.25, 0.3) is 0 Å². The van der Waals surface area contributed by atoms with E-state index in [1.165, 1.54) is 7.05 Å². The Morgan fingerprint density at radius 3 is 2.56 bits per heavy atom. The summed E-state index contributed by atoms with van der Waals surface area (Å²) in [7, 11) is 1.43. The zero-order valence-electron chi connectivity index (χ0n) is 13.4. The number of nitrogens with zero attached hydrogens (tertiary/aromatic N) is 1. The highest BCUT2D eigenvalue weighted by Gasteiger charge is 2.14. The lowest BCUT2D eigenvalue weighted by Gasteiger charge is -2.18. The van der Waals surface area contributed by atoms with E-state index in [0.29, 0.717) is 10.7 Å². The first-order valence-corrected chi connectivity index (χ1v) is 7.72. The Labute approximate surface area is 148 Å². The topological polar surface area (TPSA) is 61.4 Å². The van der Waals surface area contributed by atoms with E-state index < -0.39 is 23.4 Å². The first-order valence-electron chi connectivity index (χ1n) is 7.34. The molecule has 2 aromatic carbocycles. The Morgan fingerprint density at radius 1 is 1.12 bits per heavy atom. The molecule has 0 radical (unpaired) electrons. The van der Waals surface area contributed by atoms with Gasteiger partial charge in [0.2, 0.25) is 11.8 Å². The van der Waals surface area contributed by atoms with Gasteiger partial charge >= 0.3 is 0 Å². The summed E-state index contributed by atoms with van der Waals surface area (Å²) in [6.45, 7) is -0.492. The van der Waals surface area contributed by atoms with Crippen molar-refractivity contribution in [1.29, 1.82) is 0 Å². The van der Waals surface area contributed by atoms with Gasteiger partial charge < -0.3 is 15.5 Å². The smallest absolute Gasteiger partial charge is 0.244 e. The summed E-state index contributed by atoms with van der Waals surface area (Å²) in [6, 6.07) is 9.60. The molecule has 2 amide bonds. The molecule has 2 rings (SSSR count). The van der Waals surface area contributed by atoms with Gasteiger partial charge in [0.15, 0.2) is 0 Å². The number of anilines is 2. The lowest BCUT2D eigenvalue weighted by Crippen LogP contribution is -2.38. The van der Waals surface area contributed by atoms with Crippen molar-refractivity contribution >= 4 is 34.8 Å². The number of hydrogen-bond acceptors (Lipinski definition) is 3. The van der Waals surface area contributed by atoms with E-state index in [0.717, 1.165) is 23.1 Å². The Hall–Kier alpha value is -2.67. The van der Waals surface area contributed by atoms with Gasteiger partial charge in [0.25, 0.3) is 0 Å². The van der Waals surface area contributed by atoms with Gasteiger partial charge in [0, 0.05) is 7.05 Å². The number of hydrogen-bond donors (Lipinski definition) is 2. The highest BCUT2D eigenvalue weighted by atomic mass is 35.5. The van der Waals surface area contributed by atoms with E-state index in [4.69, 9.17) is 11.6 Å². The molecular weight excluding hydrogens is 352 g/mol. The quantitative estimate of drug-likeness (QED) is 0.824. The molecular formula is C17H16ClF2N3O2. The molecule has 5 nitrogen and oxygen atoms in total. The van der Waals surface area contributed by atoms with E-state index in [1.54, 1.807) is 24.3 Å². The normalized spacial score (nSPS) is 10.2. The number of halogens is 3. The maximum absolute atomic E-state index is 13.5. The molecule has 2 aromatic rings. The highest BCUT2D eigenvalue weighted by Crippen LogP contribution is 2.20. The average molecular weight is 368 g/mol. The SMILES string of the molecule is CN(CC(=O)Nc1ccccc1Cl)C(=O)CNc1cc(F)ccc1F. The minimum absolute atomic E-state index is 0.123. The first kappa shape index (κ1) is 18.7. The summed E-state index contributed by atoms with van der Waals surface area (Å²) in [4.78, 5) is 25.1. The van der Waals surface area contributed by atoms with Crippen LogP contribution in [0.2, 0.25) is 5.02 Å². The Morgan fingerprint density at radius 2 is 1.84 bits per heavy atom. The predicted octanol–water partition coefficient (Wildman–Crippen LogP) is 3.13.